The molecule has 5 nitrogen and oxygen atoms in total. The van der Waals surface area contributed by atoms with Gasteiger partial charge in [0.1, 0.15) is 17.1 Å². The van der Waals surface area contributed by atoms with Crippen molar-refractivity contribution >= 4 is 58.6 Å². The number of hydrogen-bond acceptors (Lipinski definition) is 5. The molecule has 2 aliphatic rings. The number of carbonyl (C=O) groups excluding carboxylic acids is 1. The summed E-state index contributed by atoms with van der Waals surface area (Å²) in [7, 11) is 0. The molecule has 9 heteroatoms. The highest BCUT2D eigenvalue weighted by molar-refractivity contribution is 8.06. The largest absolute Gasteiger partial charge is 0.477 e. The van der Waals surface area contributed by atoms with Crippen LogP contribution in [0.2, 0.25) is 10.0 Å². The predicted octanol–water partition coefficient (Wildman–Crippen LogP) is 2.93. The highest BCUT2D eigenvalue weighted by Gasteiger charge is 2.51. The molecule has 0 aliphatic carbocycles. The summed E-state index contributed by atoms with van der Waals surface area (Å²) in [6.07, 6.45) is 0. The van der Waals surface area contributed by atoms with Crippen molar-refractivity contribution in [3.8, 4) is 0 Å². The second-order valence-corrected chi connectivity index (χ2v) is 8.13. The van der Waals surface area contributed by atoms with Crippen LogP contribution < -0.4 is 5.73 Å². The summed E-state index contributed by atoms with van der Waals surface area (Å²) in [6.45, 7) is 1.80. The molecule has 122 valence electrons. The molecule has 1 saturated heterocycles. The van der Waals surface area contributed by atoms with Crippen LogP contribution in [0.25, 0.3) is 0 Å². The maximum absolute atomic E-state index is 11.9. The third-order valence-corrected chi connectivity index (χ3v) is 7.33. The number of carbonyl (C=O) groups is 2. The zero-order chi connectivity index (χ0) is 16.9. The van der Waals surface area contributed by atoms with E-state index < -0.39 is 12.0 Å². The lowest BCUT2D eigenvalue weighted by atomic mass is 10.1. The number of nitrogens with two attached hydrogens (primary N) is 1. The van der Waals surface area contributed by atoms with Crippen LogP contribution >= 0.6 is 46.7 Å². The number of rotatable bonds is 3. The van der Waals surface area contributed by atoms with Crippen molar-refractivity contribution in [1.82, 2.24) is 4.90 Å². The highest BCUT2D eigenvalue weighted by Crippen LogP contribution is 2.46. The third kappa shape index (κ3) is 2.74. The number of nitrogens with zero attached hydrogens (tertiary/aromatic N) is 1. The van der Waals surface area contributed by atoms with Crippen molar-refractivity contribution in [3.05, 3.63) is 38.3 Å². The van der Waals surface area contributed by atoms with E-state index in [1.54, 1.807) is 19.1 Å². The van der Waals surface area contributed by atoms with Crippen molar-refractivity contribution < 1.29 is 14.7 Å². The molecule has 23 heavy (non-hydrogen) atoms. The summed E-state index contributed by atoms with van der Waals surface area (Å²) >= 11 is 15.0. The van der Waals surface area contributed by atoms with E-state index in [9.17, 15) is 14.7 Å². The number of fused-ring (bicyclic) bond motifs is 1. The summed E-state index contributed by atoms with van der Waals surface area (Å²) in [5, 5.41) is 10.2. The van der Waals surface area contributed by atoms with E-state index in [1.807, 2.05) is 0 Å². The first-order valence-electron chi connectivity index (χ1n) is 6.62. The van der Waals surface area contributed by atoms with Gasteiger partial charge in [0.15, 0.2) is 0 Å². The molecule has 1 fully saturated rings. The van der Waals surface area contributed by atoms with Crippen molar-refractivity contribution in [2.75, 3.05) is 5.75 Å². The van der Waals surface area contributed by atoms with Gasteiger partial charge in [-0.2, -0.15) is 0 Å². The SMILES string of the molecule is Cc1c(Cl)ccc(SC2=C(C(=O)O)N3C(=O)[C@@H](N)[C@@H]3SC2)c1Cl. The van der Waals surface area contributed by atoms with E-state index >= 15 is 0 Å². The summed E-state index contributed by atoms with van der Waals surface area (Å²) < 4.78 is 0. The summed E-state index contributed by atoms with van der Waals surface area (Å²) in [4.78, 5) is 26.1. The van der Waals surface area contributed by atoms with Crippen LogP contribution in [0.4, 0.5) is 0 Å². The van der Waals surface area contributed by atoms with Crippen LogP contribution in [-0.4, -0.2) is 39.1 Å². The van der Waals surface area contributed by atoms with Crippen molar-refractivity contribution in [2.24, 2.45) is 5.73 Å². The van der Waals surface area contributed by atoms with Crippen LogP contribution in [-0.2, 0) is 9.59 Å². The maximum Gasteiger partial charge on any atom is 0.353 e. The predicted molar refractivity (Wildman–Crippen MR) is 92.8 cm³/mol. The number of β-lactam (4-membered cyclic amide) rings is 1. The van der Waals surface area contributed by atoms with Gasteiger partial charge in [0.25, 0.3) is 0 Å². The van der Waals surface area contributed by atoms with Gasteiger partial charge in [0.05, 0.1) is 5.02 Å². The molecular weight excluding hydrogens is 379 g/mol. The fourth-order valence-electron chi connectivity index (χ4n) is 2.41. The normalized spacial score (nSPS) is 23.7. The summed E-state index contributed by atoms with van der Waals surface area (Å²) in [5.74, 6) is -1.04. The molecule has 2 aliphatic heterocycles. The Morgan fingerprint density at radius 1 is 1.48 bits per heavy atom. The molecule has 0 radical (unpaired) electrons. The molecular formula is C14H12Cl2N2O3S2. The second-order valence-electron chi connectivity index (χ2n) is 5.10. The number of carboxylic acid groups (broad SMARTS) is 1. The first kappa shape index (κ1) is 17.0. The Kier molecular flexibility index (Phi) is 4.59. The molecule has 0 unspecified atom stereocenters. The number of aliphatic carboxylic acids is 1. The van der Waals surface area contributed by atoms with Crippen LogP contribution in [0.15, 0.2) is 27.6 Å². The molecule has 1 aromatic carbocycles. The van der Waals surface area contributed by atoms with Crippen LogP contribution in [0, 0.1) is 6.92 Å². The number of thioether (sulfide) groups is 2. The second kappa shape index (κ2) is 6.22. The van der Waals surface area contributed by atoms with E-state index in [2.05, 4.69) is 0 Å². The average molecular weight is 391 g/mol. The maximum atomic E-state index is 11.9. The Morgan fingerprint density at radius 3 is 2.83 bits per heavy atom. The van der Waals surface area contributed by atoms with Crippen LogP contribution in [0.5, 0.6) is 0 Å². The van der Waals surface area contributed by atoms with Gasteiger partial charge in [-0.3, -0.25) is 9.69 Å². The van der Waals surface area contributed by atoms with Gasteiger partial charge in [0.2, 0.25) is 5.91 Å². The number of halogens is 2. The molecule has 3 N–H and O–H groups in total. The molecule has 0 saturated carbocycles. The highest BCUT2D eigenvalue weighted by atomic mass is 35.5. The van der Waals surface area contributed by atoms with Crippen molar-refractivity contribution in [1.29, 1.82) is 0 Å². The van der Waals surface area contributed by atoms with E-state index in [-0.39, 0.29) is 17.0 Å². The zero-order valence-electron chi connectivity index (χ0n) is 11.9. The Balaban J connectivity index is 1.99. The van der Waals surface area contributed by atoms with Gasteiger partial charge < -0.3 is 10.8 Å². The van der Waals surface area contributed by atoms with Crippen molar-refractivity contribution in [3.63, 3.8) is 0 Å². The fourth-order valence-corrected chi connectivity index (χ4v) is 5.41. The Labute approximate surface area is 151 Å². The van der Waals surface area contributed by atoms with Gasteiger partial charge in [-0.05, 0) is 24.6 Å². The standard InChI is InChI=1S/C14H12Cl2N2O3S2/c1-5-6(15)2-3-7(9(5)16)23-8-4-22-13-10(17)12(19)18(13)11(8)14(20)21/h2-3,10,13H,4,17H2,1H3,(H,20,21)/t10-,13+/m1/s1. The molecule has 0 bridgehead atoms. The molecule has 3 rings (SSSR count). The summed E-state index contributed by atoms with van der Waals surface area (Å²) in [6, 6.07) is 2.83. The number of benzene rings is 1. The lowest BCUT2D eigenvalue weighted by Crippen LogP contribution is -2.68. The Morgan fingerprint density at radius 2 is 2.17 bits per heavy atom. The lowest BCUT2D eigenvalue weighted by molar-refractivity contribution is -0.147. The first-order valence-corrected chi connectivity index (χ1v) is 9.24. The van der Waals surface area contributed by atoms with Gasteiger partial charge >= 0.3 is 5.97 Å². The Bertz CT molecular complexity index is 754. The first-order chi connectivity index (χ1) is 10.8. The van der Waals surface area contributed by atoms with Gasteiger partial charge in [-0.25, -0.2) is 4.79 Å². The molecule has 2 atom stereocenters. The molecule has 0 spiro atoms. The Hall–Kier alpha value is -0.860. The number of carboxylic acids is 1. The minimum Gasteiger partial charge on any atom is -0.477 e. The minimum absolute atomic E-state index is 0.00544. The zero-order valence-corrected chi connectivity index (χ0v) is 15.0. The third-order valence-electron chi connectivity index (χ3n) is 3.70. The smallest absolute Gasteiger partial charge is 0.353 e. The van der Waals surface area contributed by atoms with E-state index in [4.69, 9.17) is 28.9 Å². The fraction of sp³-hybridized carbons (Fsp3) is 0.286. The topological polar surface area (TPSA) is 83.6 Å². The summed E-state index contributed by atoms with van der Waals surface area (Å²) in [5.41, 5.74) is 6.46. The molecule has 1 amide bonds. The minimum atomic E-state index is -1.14. The van der Waals surface area contributed by atoms with E-state index in [0.717, 1.165) is 5.56 Å². The quantitative estimate of drug-likeness (QED) is 0.771. The van der Waals surface area contributed by atoms with Gasteiger partial charge in [-0.1, -0.05) is 35.0 Å². The number of hydrogen-bond donors (Lipinski definition) is 2. The van der Waals surface area contributed by atoms with Gasteiger partial charge in [-0.15, -0.1) is 11.8 Å². The molecule has 0 aromatic heterocycles. The van der Waals surface area contributed by atoms with Crippen molar-refractivity contribution in [2.45, 2.75) is 23.2 Å². The van der Waals surface area contributed by atoms with Gasteiger partial charge in [0, 0.05) is 20.6 Å². The van der Waals surface area contributed by atoms with Crippen LogP contribution in [0.3, 0.4) is 0 Å². The van der Waals surface area contributed by atoms with Crippen LogP contribution in [0.1, 0.15) is 5.56 Å². The van der Waals surface area contributed by atoms with E-state index in [1.165, 1.54) is 28.4 Å². The lowest BCUT2D eigenvalue weighted by Gasteiger charge is -2.47. The monoisotopic (exact) mass is 390 g/mol. The average Bonchev–Trinajstić information content (AvgIpc) is 2.53. The number of amides is 1. The van der Waals surface area contributed by atoms with E-state index in [0.29, 0.717) is 25.6 Å². The molecule has 2 heterocycles. The molecule has 1 aromatic rings.